The van der Waals surface area contributed by atoms with Gasteiger partial charge in [0, 0.05) is 10.3 Å². The molecule has 0 unspecified atom stereocenters. The summed E-state index contributed by atoms with van der Waals surface area (Å²) in [6.45, 7) is 0. The molecule has 33 heavy (non-hydrogen) atoms. The highest BCUT2D eigenvalue weighted by Crippen LogP contribution is 2.42. The Morgan fingerprint density at radius 2 is 2.30 bits per heavy atom. The number of thiazole rings is 1. The first kappa shape index (κ1) is 23.1. The lowest BCUT2D eigenvalue weighted by atomic mass is 9.86. The number of nitrogen functional groups attached to an aromatic ring is 1. The summed E-state index contributed by atoms with van der Waals surface area (Å²) in [5.74, 6) is -2.35. The lowest BCUT2D eigenvalue weighted by Crippen LogP contribution is -2.72. The molecule has 16 heteroatoms. The highest BCUT2D eigenvalue weighted by molar-refractivity contribution is 8.17. The molecule has 0 saturated carbocycles. The molecule has 5 N–H and O–H groups in total. The Morgan fingerprint density at radius 1 is 1.48 bits per heavy atom. The minimum atomic E-state index is -1.19. The fraction of sp³-hybridized carbons (Fsp3) is 0.353. The number of carbonyl (C=O) groups excluding carboxylic acids is 2. The molecule has 1 fully saturated rings. The number of anilines is 1. The summed E-state index contributed by atoms with van der Waals surface area (Å²) in [5, 5.41) is 29.2. The minimum absolute atomic E-state index is 0.0504. The number of aliphatic carboxylic acids is 1. The van der Waals surface area contributed by atoms with Crippen molar-refractivity contribution < 1.29 is 24.3 Å². The summed E-state index contributed by atoms with van der Waals surface area (Å²) in [5.41, 5.74) is 5.67. The van der Waals surface area contributed by atoms with Gasteiger partial charge in [-0.3, -0.25) is 19.6 Å². The van der Waals surface area contributed by atoms with Crippen LogP contribution in [0.25, 0.3) is 0 Å². The Labute approximate surface area is 199 Å². The Hall–Kier alpha value is -3.11. The average molecular weight is 511 g/mol. The van der Waals surface area contributed by atoms with Crippen molar-refractivity contribution in [3.05, 3.63) is 27.9 Å². The third-order valence-electron chi connectivity index (χ3n) is 4.88. The number of carbonyl (C=O) groups is 3. The Morgan fingerprint density at radius 3 is 2.94 bits per heavy atom. The number of nitrogens with zero attached hydrogens (tertiary/aromatic N) is 5. The van der Waals surface area contributed by atoms with E-state index in [9.17, 15) is 19.5 Å². The zero-order valence-corrected chi connectivity index (χ0v) is 19.5. The number of carboxylic acid groups (broad SMARTS) is 1. The van der Waals surface area contributed by atoms with Gasteiger partial charge < -0.3 is 21.0 Å². The third-order valence-corrected chi connectivity index (χ3v) is 7.74. The Bertz CT molecular complexity index is 1130. The molecule has 2 atom stereocenters. The number of aromatic nitrogens is 4. The molecule has 0 aliphatic carbocycles. The number of nitrogens with one attached hydrogen (secondary N) is 2. The van der Waals surface area contributed by atoms with Crippen LogP contribution < -0.4 is 11.1 Å². The van der Waals surface area contributed by atoms with Gasteiger partial charge in [-0.25, -0.2) is 9.78 Å². The molecule has 2 aromatic heterocycles. The molecule has 0 radical (unpaired) electrons. The second kappa shape index (κ2) is 9.80. The molecular weight excluding hydrogens is 492 g/mol. The standard InChI is InChI=1S/C17H18N8O5S3/c1-30-23-11(7-5-31-17(18)20-7)14(26)21-12-8-2-3-9(13(16(28)29)25(8)15(12)27)32-6-33-10-4-19-24-22-10/h4-5,8,12H,2-3,6H2,1H3,(H2,18,20)(H,21,26)(H,28,29)(H,19,22,24)/t8-,12-/m0/s1. The first-order valence-corrected chi connectivity index (χ1v) is 12.3. The van der Waals surface area contributed by atoms with Crippen LogP contribution in [0.3, 0.4) is 0 Å². The van der Waals surface area contributed by atoms with E-state index in [1.54, 1.807) is 11.6 Å². The molecule has 2 aromatic rings. The van der Waals surface area contributed by atoms with Crippen LogP contribution in [-0.4, -0.2) is 78.2 Å². The van der Waals surface area contributed by atoms with Gasteiger partial charge in [-0.15, -0.1) is 28.2 Å². The van der Waals surface area contributed by atoms with E-state index < -0.39 is 29.9 Å². The van der Waals surface area contributed by atoms with Crippen molar-refractivity contribution in [2.24, 2.45) is 5.16 Å². The van der Waals surface area contributed by atoms with Crippen LogP contribution in [0.2, 0.25) is 0 Å². The molecule has 2 aliphatic rings. The number of hydrogen-bond donors (Lipinski definition) is 4. The van der Waals surface area contributed by atoms with Gasteiger partial charge >= 0.3 is 5.97 Å². The topological polar surface area (TPSA) is 189 Å². The van der Waals surface area contributed by atoms with Crippen LogP contribution in [0.4, 0.5) is 5.13 Å². The number of nitrogens with two attached hydrogens (primary N) is 1. The van der Waals surface area contributed by atoms with Crippen molar-refractivity contribution in [3.63, 3.8) is 0 Å². The van der Waals surface area contributed by atoms with E-state index in [1.807, 2.05) is 0 Å². The summed E-state index contributed by atoms with van der Waals surface area (Å²) < 4.78 is 0. The van der Waals surface area contributed by atoms with Crippen molar-refractivity contribution >= 4 is 63.5 Å². The fourth-order valence-corrected chi connectivity index (χ4v) is 6.15. The normalized spacial score (nSPS) is 20.3. The molecule has 13 nitrogen and oxygen atoms in total. The Kier molecular flexibility index (Phi) is 6.85. The van der Waals surface area contributed by atoms with E-state index >= 15 is 0 Å². The SMILES string of the molecule is CON=C(C(=O)N[C@@H]1C(=O)N2C(C(=O)O)=C(SCSc3c[nH]nn3)CC[C@@H]12)c1csc(N)n1. The molecule has 1 saturated heterocycles. The summed E-state index contributed by atoms with van der Waals surface area (Å²) >= 11 is 3.88. The van der Waals surface area contributed by atoms with Gasteiger partial charge in [-0.05, 0) is 12.8 Å². The number of allylic oxidation sites excluding steroid dienone is 1. The van der Waals surface area contributed by atoms with Gasteiger partial charge in [-0.2, -0.15) is 0 Å². The maximum atomic E-state index is 12.8. The van der Waals surface area contributed by atoms with Crippen molar-refractivity contribution in [1.82, 2.24) is 30.6 Å². The number of carboxylic acids is 1. The fourth-order valence-electron chi connectivity index (χ4n) is 3.49. The number of oxime groups is 1. The van der Waals surface area contributed by atoms with Crippen LogP contribution in [0.5, 0.6) is 0 Å². The molecule has 0 aromatic carbocycles. The largest absolute Gasteiger partial charge is 0.477 e. The maximum Gasteiger partial charge on any atom is 0.353 e. The number of rotatable bonds is 9. The maximum absolute atomic E-state index is 12.8. The number of amides is 2. The quantitative estimate of drug-likeness (QED) is 0.121. The van der Waals surface area contributed by atoms with Gasteiger partial charge in [0.05, 0.1) is 17.3 Å². The number of fused-ring (bicyclic) bond motifs is 1. The van der Waals surface area contributed by atoms with Crippen LogP contribution in [0, 0.1) is 0 Å². The second-order valence-electron chi connectivity index (χ2n) is 6.75. The van der Waals surface area contributed by atoms with Gasteiger partial charge in [0.25, 0.3) is 11.8 Å². The predicted molar refractivity (Wildman–Crippen MR) is 121 cm³/mol. The van der Waals surface area contributed by atoms with Gasteiger partial charge in [-0.1, -0.05) is 22.1 Å². The smallest absolute Gasteiger partial charge is 0.353 e. The lowest BCUT2D eigenvalue weighted by Gasteiger charge is -2.50. The van der Waals surface area contributed by atoms with Crippen molar-refractivity contribution in [2.75, 3.05) is 17.9 Å². The zero-order valence-electron chi connectivity index (χ0n) is 17.0. The number of hydrogen-bond acceptors (Lipinski definition) is 12. The van der Waals surface area contributed by atoms with Gasteiger partial charge in [0.1, 0.15) is 29.6 Å². The van der Waals surface area contributed by atoms with Gasteiger partial charge in [0.2, 0.25) is 0 Å². The molecule has 4 rings (SSSR count). The number of thioether (sulfide) groups is 2. The zero-order chi connectivity index (χ0) is 23.5. The van der Waals surface area contributed by atoms with Gasteiger partial charge in [0.15, 0.2) is 10.8 Å². The van der Waals surface area contributed by atoms with Crippen molar-refractivity contribution in [1.29, 1.82) is 0 Å². The summed E-state index contributed by atoms with van der Waals surface area (Å²) in [4.78, 5) is 48.2. The molecular formula is C17H18N8O5S3. The molecule has 4 heterocycles. The van der Waals surface area contributed by atoms with E-state index in [0.717, 1.165) is 11.3 Å². The molecule has 2 amide bonds. The monoisotopic (exact) mass is 510 g/mol. The predicted octanol–water partition coefficient (Wildman–Crippen LogP) is 0.463. The number of H-pyrrole nitrogens is 1. The van der Waals surface area contributed by atoms with E-state index in [0.29, 0.717) is 27.9 Å². The minimum Gasteiger partial charge on any atom is -0.477 e. The third kappa shape index (κ3) is 4.67. The van der Waals surface area contributed by atoms with E-state index in [-0.39, 0.29) is 22.2 Å². The Balaban J connectivity index is 1.45. The first-order chi connectivity index (χ1) is 15.9. The van der Waals surface area contributed by atoms with E-state index in [4.69, 9.17) is 10.6 Å². The first-order valence-electron chi connectivity index (χ1n) is 9.45. The lowest BCUT2D eigenvalue weighted by molar-refractivity contribution is -0.155. The second-order valence-corrected chi connectivity index (χ2v) is 10.1. The average Bonchev–Trinajstić information content (AvgIpc) is 3.46. The van der Waals surface area contributed by atoms with Crippen LogP contribution in [0.1, 0.15) is 18.5 Å². The molecule has 174 valence electrons. The number of β-lactam (4-membered cyclic amide) rings is 1. The van der Waals surface area contributed by atoms with Crippen LogP contribution >= 0.6 is 34.9 Å². The van der Waals surface area contributed by atoms with Crippen molar-refractivity contribution in [2.45, 2.75) is 30.0 Å². The van der Waals surface area contributed by atoms with Crippen molar-refractivity contribution in [3.8, 4) is 0 Å². The summed E-state index contributed by atoms with van der Waals surface area (Å²) in [7, 11) is 1.28. The van der Waals surface area contributed by atoms with E-state index in [2.05, 4.69) is 30.9 Å². The molecule has 0 spiro atoms. The highest BCUT2D eigenvalue weighted by atomic mass is 32.2. The van der Waals surface area contributed by atoms with E-state index in [1.165, 1.54) is 35.5 Å². The molecule has 2 aliphatic heterocycles. The van der Waals surface area contributed by atoms with Crippen LogP contribution in [0.15, 0.2) is 32.4 Å². The molecule has 0 bridgehead atoms. The number of aromatic amines is 1. The highest BCUT2D eigenvalue weighted by Gasteiger charge is 2.53. The summed E-state index contributed by atoms with van der Waals surface area (Å²) in [6.07, 6.45) is 2.61. The summed E-state index contributed by atoms with van der Waals surface area (Å²) in [6, 6.07) is -1.34. The van der Waals surface area contributed by atoms with Crippen LogP contribution in [-0.2, 0) is 19.2 Å².